The second-order valence-electron chi connectivity index (χ2n) is 13.1. The maximum atomic E-state index is 5.15. The molecule has 0 aliphatic carbocycles. The van der Waals surface area contributed by atoms with Crippen molar-refractivity contribution in [2.45, 2.75) is 6.17 Å². The molecule has 0 saturated carbocycles. The number of para-hydroxylation sites is 1. The van der Waals surface area contributed by atoms with Crippen molar-refractivity contribution in [3.05, 3.63) is 199 Å². The van der Waals surface area contributed by atoms with E-state index in [1.54, 1.807) is 0 Å². The summed E-state index contributed by atoms with van der Waals surface area (Å²) >= 11 is 0. The molecule has 0 saturated heterocycles. The monoisotopic (exact) mass is 652 g/mol. The molecule has 0 spiro atoms. The van der Waals surface area contributed by atoms with Crippen LogP contribution >= 0.6 is 0 Å². The summed E-state index contributed by atoms with van der Waals surface area (Å²) in [5.74, 6) is 1.53. The molecule has 4 heteroatoms. The molecule has 51 heavy (non-hydrogen) atoms. The van der Waals surface area contributed by atoms with Crippen molar-refractivity contribution in [3.8, 4) is 16.8 Å². The van der Waals surface area contributed by atoms with E-state index in [9.17, 15) is 0 Å². The third-order valence-corrected chi connectivity index (χ3v) is 10.0. The average Bonchev–Trinajstić information content (AvgIpc) is 3.56. The van der Waals surface area contributed by atoms with Crippen LogP contribution in [0.3, 0.4) is 0 Å². The van der Waals surface area contributed by atoms with Gasteiger partial charge in [-0.25, -0.2) is 9.98 Å². The number of rotatable bonds is 5. The number of nitrogens with zero attached hydrogens (tertiary/aromatic N) is 3. The molecule has 240 valence electrons. The number of aromatic nitrogens is 1. The van der Waals surface area contributed by atoms with Crippen molar-refractivity contribution in [2.24, 2.45) is 9.98 Å². The molecule has 1 unspecified atom stereocenters. The quantitative estimate of drug-likeness (QED) is 0.197. The van der Waals surface area contributed by atoms with Crippen molar-refractivity contribution in [1.29, 1.82) is 0 Å². The SMILES string of the molecule is c1ccc(C2=NC(c3cccc(-n4c5ccccc5c5c6cc(-c7cccc8ccccc78)ccc6ccc54)c3)NC(c3ccccc3)=N2)cc1. The summed E-state index contributed by atoms with van der Waals surface area (Å²) in [7, 11) is 0. The Balaban J connectivity index is 1.14. The van der Waals surface area contributed by atoms with Gasteiger partial charge in [0.05, 0.1) is 11.0 Å². The van der Waals surface area contributed by atoms with Crippen molar-refractivity contribution >= 4 is 55.0 Å². The minimum atomic E-state index is -0.315. The van der Waals surface area contributed by atoms with Gasteiger partial charge in [0.25, 0.3) is 0 Å². The summed E-state index contributed by atoms with van der Waals surface area (Å²) in [4.78, 5) is 10.1. The van der Waals surface area contributed by atoms with Crippen molar-refractivity contribution in [1.82, 2.24) is 9.88 Å². The largest absolute Gasteiger partial charge is 0.344 e. The smallest absolute Gasteiger partial charge is 0.159 e. The van der Waals surface area contributed by atoms with Crippen molar-refractivity contribution in [2.75, 3.05) is 0 Å². The Bertz CT molecular complexity index is 2820. The van der Waals surface area contributed by atoms with Gasteiger partial charge in [-0.05, 0) is 68.6 Å². The summed E-state index contributed by atoms with van der Waals surface area (Å²) in [6.45, 7) is 0. The molecule has 1 atom stereocenters. The summed E-state index contributed by atoms with van der Waals surface area (Å²) in [5.41, 5.74) is 8.98. The first-order valence-corrected chi connectivity index (χ1v) is 17.4. The first kappa shape index (κ1) is 29.2. The van der Waals surface area contributed by atoms with Crippen LogP contribution in [0.5, 0.6) is 0 Å². The maximum Gasteiger partial charge on any atom is 0.159 e. The summed E-state index contributed by atoms with van der Waals surface area (Å²) < 4.78 is 2.40. The van der Waals surface area contributed by atoms with Crippen LogP contribution < -0.4 is 5.32 Å². The molecule has 0 amide bonds. The van der Waals surface area contributed by atoms with Crippen molar-refractivity contribution < 1.29 is 0 Å². The second kappa shape index (κ2) is 12.0. The number of aliphatic imine (C=N–C) groups is 2. The van der Waals surface area contributed by atoms with Crippen LogP contribution in [0.25, 0.3) is 60.2 Å². The first-order chi connectivity index (χ1) is 25.3. The Morgan fingerprint density at radius 3 is 2.02 bits per heavy atom. The molecular weight excluding hydrogens is 621 g/mol. The third-order valence-electron chi connectivity index (χ3n) is 10.0. The molecule has 10 rings (SSSR count). The Morgan fingerprint density at radius 2 is 1.16 bits per heavy atom. The molecule has 0 bridgehead atoms. The fourth-order valence-corrected chi connectivity index (χ4v) is 7.62. The number of hydrogen-bond donors (Lipinski definition) is 1. The Kier molecular flexibility index (Phi) is 6.85. The molecule has 0 fully saturated rings. The van der Waals surface area contributed by atoms with Crippen LogP contribution in [0.2, 0.25) is 0 Å². The lowest BCUT2D eigenvalue weighted by molar-refractivity contribution is 0.674. The van der Waals surface area contributed by atoms with Gasteiger partial charge in [-0.1, -0.05) is 152 Å². The van der Waals surface area contributed by atoms with E-state index in [2.05, 4.69) is 155 Å². The van der Waals surface area contributed by atoms with Crippen molar-refractivity contribution in [3.63, 3.8) is 0 Å². The minimum Gasteiger partial charge on any atom is -0.344 e. The highest BCUT2D eigenvalue weighted by Gasteiger charge is 2.22. The lowest BCUT2D eigenvalue weighted by atomic mass is 9.95. The van der Waals surface area contributed by atoms with E-state index in [4.69, 9.17) is 9.98 Å². The number of hydrogen-bond acceptors (Lipinski definition) is 3. The highest BCUT2D eigenvalue weighted by atomic mass is 15.2. The van der Waals surface area contributed by atoms with Crippen LogP contribution in [-0.2, 0) is 0 Å². The fourth-order valence-electron chi connectivity index (χ4n) is 7.62. The van der Waals surface area contributed by atoms with E-state index >= 15 is 0 Å². The second-order valence-corrected chi connectivity index (χ2v) is 13.1. The topological polar surface area (TPSA) is 41.7 Å². The predicted molar refractivity (Wildman–Crippen MR) is 213 cm³/mol. The normalized spacial score (nSPS) is 14.5. The molecule has 4 nitrogen and oxygen atoms in total. The van der Waals surface area contributed by atoms with Gasteiger partial charge < -0.3 is 9.88 Å². The van der Waals surface area contributed by atoms with E-state index in [0.29, 0.717) is 5.84 Å². The van der Waals surface area contributed by atoms with Gasteiger partial charge in [-0.15, -0.1) is 0 Å². The summed E-state index contributed by atoms with van der Waals surface area (Å²) in [5, 5.41) is 11.1. The molecule has 2 heterocycles. The van der Waals surface area contributed by atoms with Gasteiger partial charge in [-0.2, -0.15) is 0 Å². The average molecular weight is 653 g/mol. The standard InChI is InChI=1S/C47H32N4/c1-3-14-33(15-4-1)45-48-46(34-16-5-2-6-17-34)50-47(49-45)36-19-11-20-37(29-36)51-42-24-10-9-22-40(42)44-41-30-35(26-25-32(41)27-28-43(44)51)39-23-12-18-31-13-7-8-21-38(31)39/h1-30,47H,(H,48,49,50). The van der Waals surface area contributed by atoms with Gasteiger partial charge >= 0.3 is 0 Å². The Morgan fingerprint density at radius 1 is 0.471 bits per heavy atom. The van der Waals surface area contributed by atoms with Crippen LogP contribution in [0, 0.1) is 0 Å². The zero-order valence-corrected chi connectivity index (χ0v) is 27.7. The number of nitrogens with one attached hydrogen (secondary N) is 1. The van der Waals surface area contributed by atoms with Crippen LogP contribution in [0.1, 0.15) is 22.9 Å². The zero-order valence-electron chi connectivity index (χ0n) is 27.7. The number of amidine groups is 2. The van der Waals surface area contributed by atoms with E-state index in [0.717, 1.165) is 28.2 Å². The van der Waals surface area contributed by atoms with Gasteiger partial charge in [0.1, 0.15) is 12.0 Å². The maximum absolute atomic E-state index is 5.15. The fraction of sp³-hybridized carbons (Fsp3) is 0.0213. The number of fused-ring (bicyclic) bond motifs is 6. The van der Waals surface area contributed by atoms with Gasteiger partial charge in [-0.3, -0.25) is 0 Å². The van der Waals surface area contributed by atoms with Gasteiger partial charge in [0.2, 0.25) is 0 Å². The Hall–Kier alpha value is -6.78. The molecule has 1 aliphatic rings. The molecular formula is C47H32N4. The van der Waals surface area contributed by atoms with E-state index in [1.165, 1.54) is 54.5 Å². The molecule has 1 aromatic heterocycles. The molecule has 1 N–H and O–H groups in total. The lowest BCUT2D eigenvalue weighted by Crippen LogP contribution is -2.33. The minimum absolute atomic E-state index is 0.315. The lowest BCUT2D eigenvalue weighted by Gasteiger charge is -2.24. The predicted octanol–water partition coefficient (Wildman–Crippen LogP) is 11.3. The molecule has 0 radical (unpaired) electrons. The van der Waals surface area contributed by atoms with E-state index in [-0.39, 0.29) is 6.17 Å². The Labute approximate surface area is 295 Å². The van der Waals surface area contributed by atoms with Crippen LogP contribution in [0.15, 0.2) is 192 Å². The van der Waals surface area contributed by atoms with E-state index < -0.39 is 0 Å². The summed E-state index contributed by atoms with van der Waals surface area (Å²) in [6, 6.07) is 64.6. The highest BCUT2D eigenvalue weighted by Crippen LogP contribution is 2.39. The van der Waals surface area contributed by atoms with E-state index in [1.807, 2.05) is 36.4 Å². The molecule has 9 aromatic rings. The third kappa shape index (κ3) is 5.00. The molecule has 1 aliphatic heterocycles. The number of benzene rings is 8. The molecule has 8 aromatic carbocycles. The first-order valence-electron chi connectivity index (χ1n) is 17.4. The zero-order chi connectivity index (χ0) is 33.7. The van der Waals surface area contributed by atoms with Gasteiger partial charge in [0, 0.05) is 27.6 Å². The summed E-state index contributed by atoms with van der Waals surface area (Å²) in [6.07, 6.45) is -0.315. The highest BCUT2D eigenvalue weighted by molar-refractivity contribution is 6.22. The van der Waals surface area contributed by atoms with Crippen LogP contribution in [0.4, 0.5) is 0 Å². The van der Waals surface area contributed by atoms with Gasteiger partial charge in [0.15, 0.2) is 5.84 Å². The van der Waals surface area contributed by atoms with Crippen LogP contribution in [-0.4, -0.2) is 16.2 Å².